The normalized spacial score (nSPS) is 19.4. The number of carbonyl (C=O) groups is 1. The van der Waals surface area contributed by atoms with E-state index >= 15 is 0 Å². The predicted octanol–water partition coefficient (Wildman–Crippen LogP) is 3.58. The zero-order valence-corrected chi connectivity index (χ0v) is 14.6. The van der Waals surface area contributed by atoms with Gasteiger partial charge in [0, 0.05) is 29.6 Å². The third kappa shape index (κ3) is 4.62. The maximum atomic E-state index is 12.5. The second-order valence-electron chi connectivity index (χ2n) is 6.77. The van der Waals surface area contributed by atoms with Crippen molar-refractivity contribution in [2.75, 3.05) is 11.9 Å². The minimum Gasteiger partial charge on any atom is -0.396 e. The summed E-state index contributed by atoms with van der Waals surface area (Å²) in [6, 6.07) is 16.8. The Hall–Kier alpha value is -2.84. The summed E-state index contributed by atoms with van der Waals surface area (Å²) in [5, 5.41) is 24.4. The lowest BCUT2D eigenvalue weighted by atomic mass is 9.86. The fraction of sp³-hybridized carbons (Fsp3) is 0.333. The molecule has 0 unspecified atom stereocenters. The molecule has 0 atom stereocenters. The molecule has 0 spiro atoms. The number of hydrogen-bond acceptors (Lipinski definition) is 4. The molecule has 1 aliphatic carbocycles. The van der Waals surface area contributed by atoms with E-state index < -0.39 is 0 Å². The van der Waals surface area contributed by atoms with Gasteiger partial charge in [0.1, 0.15) is 0 Å². The molecule has 0 saturated heterocycles. The minimum absolute atomic E-state index is 0.0686. The van der Waals surface area contributed by atoms with Crippen LogP contribution in [0, 0.1) is 17.2 Å². The van der Waals surface area contributed by atoms with Crippen molar-refractivity contribution < 1.29 is 9.90 Å². The Balaban J connectivity index is 1.61. The average Bonchev–Trinajstić information content (AvgIpc) is 2.69. The Labute approximate surface area is 153 Å². The first-order chi connectivity index (χ1) is 12.7. The van der Waals surface area contributed by atoms with Gasteiger partial charge in [0.15, 0.2) is 0 Å². The average molecular weight is 349 g/mol. The number of nitrogens with one attached hydrogen (secondary N) is 2. The molecule has 1 saturated carbocycles. The molecule has 26 heavy (non-hydrogen) atoms. The van der Waals surface area contributed by atoms with Gasteiger partial charge in [-0.2, -0.15) is 5.26 Å². The molecular weight excluding hydrogens is 326 g/mol. The van der Waals surface area contributed by atoms with Crippen LogP contribution in [0.4, 0.5) is 11.4 Å². The first kappa shape index (κ1) is 18.0. The lowest BCUT2D eigenvalue weighted by molar-refractivity contribution is 0.0914. The van der Waals surface area contributed by atoms with Crippen LogP contribution in [0.5, 0.6) is 0 Å². The number of aliphatic hydroxyl groups is 1. The van der Waals surface area contributed by atoms with Crippen molar-refractivity contribution in [3.05, 3.63) is 59.7 Å². The topological polar surface area (TPSA) is 85.2 Å². The minimum atomic E-state index is -0.0686. The summed E-state index contributed by atoms with van der Waals surface area (Å²) in [5.41, 5.74) is 2.92. The Morgan fingerprint density at radius 3 is 2.46 bits per heavy atom. The number of amides is 1. The van der Waals surface area contributed by atoms with Crippen LogP contribution in [-0.4, -0.2) is 23.7 Å². The fourth-order valence-corrected chi connectivity index (χ4v) is 3.29. The molecule has 2 aromatic carbocycles. The standard InChI is InChI=1S/C21H23N3O2/c22-13-15-4-8-18(9-5-15)23-20-3-1-2-17(12-20)21(26)24-19-10-6-16(14-25)7-11-19/h1-5,8-9,12,16,19,23,25H,6-7,10-11,14H2,(H,24,26). The SMILES string of the molecule is N#Cc1ccc(Nc2cccc(C(=O)NC3CCC(CO)CC3)c2)cc1. The van der Waals surface area contributed by atoms with Crippen LogP contribution in [0.3, 0.4) is 0 Å². The summed E-state index contributed by atoms with van der Waals surface area (Å²) in [7, 11) is 0. The maximum absolute atomic E-state index is 12.5. The molecule has 134 valence electrons. The van der Waals surface area contributed by atoms with Crippen LogP contribution >= 0.6 is 0 Å². The highest BCUT2D eigenvalue weighted by Crippen LogP contribution is 2.24. The lowest BCUT2D eigenvalue weighted by Crippen LogP contribution is -2.38. The fourth-order valence-electron chi connectivity index (χ4n) is 3.29. The van der Waals surface area contributed by atoms with Gasteiger partial charge in [0.25, 0.3) is 5.91 Å². The van der Waals surface area contributed by atoms with Crippen molar-refractivity contribution >= 4 is 17.3 Å². The molecule has 1 amide bonds. The molecule has 5 heteroatoms. The van der Waals surface area contributed by atoms with Gasteiger partial charge in [-0.25, -0.2) is 0 Å². The van der Waals surface area contributed by atoms with E-state index in [1.54, 1.807) is 18.2 Å². The Morgan fingerprint density at radius 2 is 1.81 bits per heavy atom. The number of benzene rings is 2. The zero-order valence-electron chi connectivity index (χ0n) is 14.6. The van der Waals surface area contributed by atoms with E-state index in [2.05, 4.69) is 16.7 Å². The van der Waals surface area contributed by atoms with Crippen LogP contribution < -0.4 is 10.6 Å². The second-order valence-corrected chi connectivity index (χ2v) is 6.77. The summed E-state index contributed by atoms with van der Waals surface area (Å²) in [4.78, 5) is 12.5. The highest BCUT2D eigenvalue weighted by atomic mass is 16.3. The summed E-state index contributed by atoms with van der Waals surface area (Å²) in [6.07, 6.45) is 3.75. The van der Waals surface area contributed by atoms with Gasteiger partial charge in [-0.3, -0.25) is 4.79 Å². The van der Waals surface area contributed by atoms with E-state index in [0.717, 1.165) is 37.1 Å². The van der Waals surface area contributed by atoms with Crippen molar-refractivity contribution in [3.8, 4) is 6.07 Å². The highest BCUT2D eigenvalue weighted by molar-refractivity contribution is 5.95. The van der Waals surface area contributed by atoms with Crippen LogP contribution in [-0.2, 0) is 0 Å². The van der Waals surface area contributed by atoms with Gasteiger partial charge in [-0.15, -0.1) is 0 Å². The third-order valence-electron chi connectivity index (χ3n) is 4.87. The molecule has 0 aromatic heterocycles. The van der Waals surface area contributed by atoms with Gasteiger partial charge in [0.2, 0.25) is 0 Å². The third-order valence-corrected chi connectivity index (χ3v) is 4.87. The highest BCUT2D eigenvalue weighted by Gasteiger charge is 2.22. The van der Waals surface area contributed by atoms with E-state index in [4.69, 9.17) is 5.26 Å². The van der Waals surface area contributed by atoms with Gasteiger partial charge in [-0.05, 0) is 74.1 Å². The van der Waals surface area contributed by atoms with E-state index in [9.17, 15) is 9.90 Å². The van der Waals surface area contributed by atoms with E-state index in [0.29, 0.717) is 17.0 Å². The van der Waals surface area contributed by atoms with Crippen molar-refractivity contribution in [1.29, 1.82) is 5.26 Å². The van der Waals surface area contributed by atoms with Crippen LogP contribution in [0.1, 0.15) is 41.6 Å². The van der Waals surface area contributed by atoms with Crippen molar-refractivity contribution in [1.82, 2.24) is 5.32 Å². The second kappa shape index (κ2) is 8.50. The molecule has 5 nitrogen and oxygen atoms in total. The number of nitrogens with zero attached hydrogens (tertiary/aromatic N) is 1. The number of aliphatic hydroxyl groups excluding tert-OH is 1. The molecule has 0 heterocycles. The smallest absolute Gasteiger partial charge is 0.251 e. The largest absolute Gasteiger partial charge is 0.396 e. The monoisotopic (exact) mass is 349 g/mol. The summed E-state index contributed by atoms with van der Waals surface area (Å²) in [5.74, 6) is 0.309. The van der Waals surface area contributed by atoms with E-state index in [-0.39, 0.29) is 18.6 Å². The van der Waals surface area contributed by atoms with Crippen LogP contribution in [0.25, 0.3) is 0 Å². The van der Waals surface area contributed by atoms with Crippen molar-refractivity contribution in [2.45, 2.75) is 31.7 Å². The number of carbonyl (C=O) groups excluding carboxylic acids is 1. The van der Waals surface area contributed by atoms with Crippen LogP contribution in [0.2, 0.25) is 0 Å². The molecule has 0 radical (unpaired) electrons. The molecule has 0 aliphatic heterocycles. The van der Waals surface area contributed by atoms with Gasteiger partial charge in [0.05, 0.1) is 11.6 Å². The van der Waals surface area contributed by atoms with Gasteiger partial charge >= 0.3 is 0 Å². The molecule has 3 N–H and O–H groups in total. The zero-order chi connectivity index (χ0) is 18.4. The molecule has 1 aliphatic rings. The molecular formula is C21H23N3O2. The first-order valence-corrected chi connectivity index (χ1v) is 8.97. The van der Waals surface area contributed by atoms with Gasteiger partial charge in [-0.1, -0.05) is 6.07 Å². The van der Waals surface area contributed by atoms with E-state index in [1.807, 2.05) is 30.3 Å². The molecule has 1 fully saturated rings. The number of rotatable bonds is 5. The van der Waals surface area contributed by atoms with Crippen molar-refractivity contribution in [3.63, 3.8) is 0 Å². The van der Waals surface area contributed by atoms with Gasteiger partial charge < -0.3 is 15.7 Å². The summed E-state index contributed by atoms with van der Waals surface area (Å²) in [6.45, 7) is 0.240. The quantitative estimate of drug-likeness (QED) is 0.770. The molecule has 3 rings (SSSR count). The Morgan fingerprint density at radius 1 is 1.08 bits per heavy atom. The predicted molar refractivity (Wildman–Crippen MR) is 101 cm³/mol. The number of hydrogen-bond donors (Lipinski definition) is 3. The summed E-state index contributed by atoms with van der Waals surface area (Å²) >= 11 is 0. The Kier molecular flexibility index (Phi) is 5.88. The first-order valence-electron chi connectivity index (χ1n) is 8.97. The molecule has 2 aromatic rings. The number of anilines is 2. The van der Waals surface area contributed by atoms with Crippen molar-refractivity contribution in [2.24, 2.45) is 5.92 Å². The van der Waals surface area contributed by atoms with Crippen LogP contribution in [0.15, 0.2) is 48.5 Å². The molecule has 0 bridgehead atoms. The van der Waals surface area contributed by atoms with E-state index in [1.165, 1.54) is 0 Å². The Bertz CT molecular complexity index is 788. The number of nitriles is 1. The summed E-state index contributed by atoms with van der Waals surface area (Å²) < 4.78 is 0. The lowest BCUT2D eigenvalue weighted by Gasteiger charge is -2.28. The maximum Gasteiger partial charge on any atom is 0.251 e.